The van der Waals surface area contributed by atoms with Crippen LogP contribution >= 0.6 is 45.3 Å². The lowest BCUT2D eigenvalue weighted by Crippen LogP contribution is -2.28. The van der Waals surface area contributed by atoms with Crippen molar-refractivity contribution in [1.82, 2.24) is 0 Å². The van der Waals surface area contributed by atoms with Crippen LogP contribution in [-0.2, 0) is 44.5 Å². The smallest absolute Gasteiger partial charge is 0.392 e. The van der Waals surface area contributed by atoms with Crippen molar-refractivity contribution >= 4 is 91.1 Å². The molecule has 102 heavy (non-hydrogen) atoms. The van der Waals surface area contributed by atoms with Crippen molar-refractivity contribution in [2.75, 3.05) is 6.61 Å². The molecule has 556 valence electrons. The lowest BCUT2D eigenvalue weighted by molar-refractivity contribution is -0.175. The molecular formula is C82H105F3O13S4. The van der Waals surface area contributed by atoms with Gasteiger partial charge in [0.2, 0.25) is 0 Å². The van der Waals surface area contributed by atoms with Gasteiger partial charge in [-0.3, -0.25) is 0 Å². The SMILES string of the molecule is Cc1sc(C)c(C(OC(C)(C)C)C(=O)O)c1-c1ccc2c(c1)CCCO2.Cc1sc(C)c(C(OC(C)(C)C)C(=O)O)c1-c1ccc2ccccc2c1.Cc1sc(C)c(C(OC(C)(C)C)C(=O)O)c1C1=CCC(C(F)(F)F)CC1.Cc1sc(C)c(C(OC(C)(C)C)C(=O)O)c1C1=CCCCC1(C)C. The van der Waals surface area contributed by atoms with E-state index >= 15 is 0 Å². The van der Waals surface area contributed by atoms with Gasteiger partial charge in [-0.2, -0.15) is 13.2 Å². The number of hydrogen-bond acceptors (Lipinski definition) is 13. The number of carbonyl (C=O) groups is 4. The number of alkyl halides is 3. The number of thiophene rings is 4. The third kappa shape index (κ3) is 20.9. The fourth-order valence-electron chi connectivity index (χ4n) is 13.7. The van der Waals surface area contributed by atoms with Crippen LogP contribution in [0.5, 0.6) is 5.75 Å². The van der Waals surface area contributed by atoms with Gasteiger partial charge in [-0.1, -0.05) is 68.5 Å². The summed E-state index contributed by atoms with van der Waals surface area (Å²) in [7, 11) is 0. The molecule has 5 heterocycles. The predicted molar refractivity (Wildman–Crippen MR) is 409 cm³/mol. The van der Waals surface area contributed by atoms with Gasteiger partial charge < -0.3 is 44.1 Å². The Hall–Kier alpha value is -6.49. The molecule has 3 aromatic carbocycles. The Morgan fingerprint density at radius 2 is 0.882 bits per heavy atom. The van der Waals surface area contributed by atoms with Gasteiger partial charge in [0.15, 0.2) is 24.4 Å². The summed E-state index contributed by atoms with van der Waals surface area (Å²) in [4.78, 5) is 56.1. The highest BCUT2D eigenvalue weighted by atomic mass is 32.1. The number of rotatable bonds is 16. The highest BCUT2D eigenvalue weighted by Crippen LogP contribution is 2.51. The number of carboxylic acid groups (broad SMARTS) is 4. The average molecular weight is 1480 g/mol. The van der Waals surface area contributed by atoms with E-state index in [2.05, 4.69) is 63.2 Å². The zero-order valence-corrected chi connectivity index (χ0v) is 66.7. The second-order valence-corrected chi connectivity index (χ2v) is 37.0. The van der Waals surface area contributed by atoms with E-state index in [-0.39, 0.29) is 24.7 Å². The molecule has 2 aliphatic carbocycles. The summed E-state index contributed by atoms with van der Waals surface area (Å²) in [5.74, 6) is -4.30. The quantitative estimate of drug-likeness (QED) is 0.0714. The first-order valence-corrected chi connectivity index (χ1v) is 38.1. The molecule has 3 aliphatic rings. The minimum absolute atomic E-state index is 0.0287. The summed E-state index contributed by atoms with van der Waals surface area (Å²) < 4.78 is 68.1. The summed E-state index contributed by atoms with van der Waals surface area (Å²) in [6.07, 6.45) is 1.32. The van der Waals surface area contributed by atoms with Crippen molar-refractivity contribution in [3.8, 4) is 28.0 Å². The van der Waals surface area contributed by atoms with E-state index in [1.807, 2.05) is 135 Å². The zero-order chi connectivity index (χ0) is 76.3. The minimum Gasteiger partial charge on any atom is -0.493 e. The molecule has 0 amide bonds. The molecule has 13 nitrogen and oxygen atoms in total. The molecule has 4 N–H and O–H groups in total. The Kier molecular flexibility index (Phi) is 26.7. The van der Waals surface area contributed by atoms with Crippen LogP contribution in [0.15, 0.2) is 72.8 Å². The maximum atomic E-state index is 12.9. The second-order valence-electron chi connectivity index (χ2n) is 31.3. The highest BCUT2D eigenvalue weighted by Gasteiger charge is 2.42. The Labute approximate surface area is 617 Å². The predicted octanol–water partition coefficient (Wildman–Crippen LogP) is 23.4. The van der Waals surface area contributed by atoms with Gasteiger partial charge in [-0.15, -0.1) is 45.3 Å². The van der Waals surface area contributed by atoms with Crippen LogP contribution in [-0.4, -0.2) is 79.5 Å². The summed E-state index contributed by atoms with van der Waals surface area (Å²) in [5, 5.41) is 41.5. The Morgan fingerprint density at radius 1 is 0.490 bits per heavy atom. The highest BCUT2D eigenvalue weighted by molar-refractivity contribution is 7.13. The number of aliphatic carboxylic acids is 4. The summed E-state index contributed by atoms with van der Waals surface area (Å²) >= 11 is 6.39. The molecule has 0 saturated carbocycles. The number of benzene rings is 3. The lowest BCUT2D eigenvalue weighted by atomic mass is 9.72. The molecule has 0 bridgehead atoms. The third-order valence-corrected chi connectivity index (χ3v) is 22.0. The van der Waals surface area contributed by atoms with Gasteiger partial charge in [0, 0.05) is 72.4 Å². The molecule has 5 atom stereocenters. The monoisotopic (exact) mass is 1480 g/mol. The number of carboxylic acids is 4. The zero-order valence-electron chi connectivity index (χ0n) is 63.4. The van der Waals surface area contributed by atoms with Crippen molar-refractivity contribution in [2.24, 2.45) is 11.3 Å². The van der Waals surface area contributed by atoms with E-state index in [0.29, 0.717) is 5.56 Å². The van der Waals surface area contributed by atoms with Crippen LogP contribution < -0.4 is 4.74 Å². The minimum atomic E-state index is -4.19. The first kappa shape index (κ1) is 82.8. The van der Waals surface area contributed by atoms with Gasteiger partial charge in [-0.05, 0) is 263 Å². The molecule has 7 aromatic rings. The Morgan fingerprint density at radius 3 is 1.28 bits per heavy atom. The van der Waals surface area contributed by atoms with E-state index < -0.39 is 82.8 Å². The molecule has 4 aromatic heterocycles. The van der Waals surface area contributed by atoms with Crippen LogP contribution in [0, 0.1) is 66.7 Å². The first-order valence-electron chi connectivity index (χ1n) is 34.8. The molecule has 0 fully saturated rings. The van der Waals surface area contributed by atoms with E-state index in [4.69, 9.17) is 23.7 Å². The van der Waals surface area contributed by atoms with Crippen LogP contribution in [0.25, 0.3) is 44.2 Å². The van der Waals surface area contributed by atoms with Crippen molar-refractivity contribution in [1.29, 1.82) is 0 Å². The van der Waals surface area contributed by atoms with Crippen LogP contribution in [0.1, 0.15) is 244 Å². The average Bonchev–Trinajstić information content (AvgIpc) is 1.64. The summed E-state index contributed by atoms with van der Waals surface area (Å²) in [6.45, 7) is 43.5. The lowest BCUT2D eigenvalue weighted by Gasteiger charge is -2.34. The van der Waals surface area contributed by atoms with E-state index in [1.54, 1.807) is 60.9 Å². The van der Waals surface area contributed by atoms with Crippen LogP contribution in [0.4, 0.5) is 13.2 Å². The number of aryl methyl sites for hydroxylation is 9. The van der Waals surface area contributed by atoms with Gasteiger partial charge in [0.25, 0.3) is 0 Å². The Balaban J connectivity index is 0.000000191. The second kappa shape index (κ2) is 32.9. The topological polar surface area (TPSA) is 195 Å². The van der Waals surface area contributed by atoms with Crippen molar-refractivity contribution in [3.05, 3.63) is 151 Å². The molecular weight excluding hydrogens is 1380 g/mol. The fourth-order valence-corrected chi connectivity index (χ4v) is 18.2. The van der Waals surface area contributed by atoms with Crippen molar-refractivity contribution < 1.29 is 76.5 Å². The van der Waals surface area contributed by atoms with Crippen LogP contribution in [0.2, 0.25) is 0 Å². The van der Waals surface area contributed by atoms with Crippen molar-refractivity contribution in [3.63, 3.8) is 0 Å². The van der Waals surface area contributed by atoms with Gasteiger partial charge in [0.1, 0.15) is 5.75 Å². The molecule has 0 saturated heterocycles. The largest absolute Gasteiger partial charge is 0.493 e. The maximum Gasteiger partial charge on any atom is 0.392 e. The molecule has 0 spiro atoms. The Bertz CT molecular complexity index is 4240. The van der Waals surface area contributed by atoms with E-state index in [1.165, 1.54) is 39.2 Å². The number of ether oxygens (including phenoxy) is 5. The number of halogens is 3. The molecule has 5 unspecified atom stereocenters. The van der Waals surface area contributed by atoms with Gasteiger partial charge in [-0.25, -0.2) is 19.2 Å². The fraction of sp³-hybridized carbons (Fsp3) is 0.512. The number of hydrogen-bond donors (Lipinski definition) is 4. The van der Waals surface area contributed by atoms with Crippen molar-refractivity contribution in [2.45, 2.75) is 257 Å². The number of fused-ring (bicyclic) bond motifs is 2. The van der Waals surface area contributed by atoms with E-state index in [0.717, 1.165) is 133 Å². The molecule has 0 radical (unpaired) electrons. The first-order chi connectivity index (χ1) is 47.1. The normalized spacial score (nSPS) is 16.8. The molecule has 1 aliphatic heterocycles. The number of allylic oxidation sites excluding steroid dienone is 4. The van der Waals surface area contributed by atoms with Gasteiger partial charge >= 0.3 is 30.1 Å². The summed E-state index contributed by atoms with van der Waals surface area (Å²) in [5.41, 5.74) is 9.92. The van der Waals surface area contributed by atoms with E-state index in [9.17, 15) is 52.8 Å². The maximum absolute atomic E-state index is 12.9. The standard InChI is InChI=1S/C22H24O3S.C21H26O4S.C20H30O3S.C19H25F3O3S/c1-13-18(17-11-10-15-8-6-7-9-16(15)12-17)19(14(2)26-13)20(21(23)24)25-22(3,4)5;1-12-17(15-8-9-16-14(11-15)7-6-10-24-16)18(13(2)26-12)19(20(22)23)25-21(3,4)5;1-12-15(14-10-8-9-11-20(14,6)7)16(13(2)24-12)17(18(21)22)23-19(3,4)5;1-10-14(12-6-8-13(9-7-12)19(20,21)22)15(11(2)26-10)16(17(23)24)25-18(3,4)5/h6-12,20H,1-5H3,(H,23,24);8-9,11,19H,6-7,10H2,1-5H3,(H,22,23);10,17H,8-9,11H2,1-7H3,(H,21,22);6,13,16H,7-9H2,1-5H3,(H,23,24). The molecule has 10 rings (SSSR count). The molecule has 20 heteroatoms. The van der Waals surface area contributed by atoms with Gasteiger partial charge in [0.05, 0.1) is 34.9 Å². The summed E-state index contributed by atoms with van der Waals surface area (Å²) in [6, 6.07) is 20.6. The third-order valence-electron chi connectivity index (χ3n) is 17.8. The van der Waals surface area contributed by atoms with Crippen LogP contribution in [0.3, 0.4) is 0 Å².